The summed E-state index contributed by atoms with van der Waals surface area (Å²) in [7, 11) is 4.86. The van der Waals surface area contributed by atoms with E-state index in [1.54, 1.807) is 38.4 Å². The normalized spacial score (nSPS) is 23.7. The number of ether oxygens (including phenoxy) is 2. The van der Waals surface area contributed by atoms with Crippen molar-refractivity contribution in [1.82, 2.24) is 39.1 Å². The molecule has 6 atom stereocenters. The molecule has 0 spiro atoms. The van der Waals surface area contributed by atoms with Crippen molar-refractivity contribution in [2.24, 2.45) is 21.8 Å². The number of alkyl halides is 1. The third-order valence-electron chi connectivity index (χ3n) is 15.2. The predicted molar refractivity (Wildman–Crippen MR) is 308 cm³/mol. The Morgan fingerprint density at radius 1 is 0.642 bits per heavy atom. The van der Waals surface area contributed by atoms with Gasteiger partial charge in [0.2, 0.25) is 0 Å². The number of pyridine rings is 2. The maximum absolute atomic E-state index is 15.0. The quantitative estimate of drug-likeness (QED) is 0.0865. The third kappa shape index (κ3) is 14.4. The molecule has 2 aliphatic heterocycles. The van der Waals surface area contributed by atoms with Gasteiger partial charge >= 0.3 is 0 Å². The smallest absolute Gasteiger partial charge is 0.278 e. The van der Waals surface area contributed by atoms with Crippen molar-refractivity contribution < 1.29 is 48.2 Å². The van der Waals surface area contributed by atoms with Gasteiger partial charge < -0.3 is 19.5 Å². The molecule has 4 aromatic heterocycles. The number of nitrogens with zero attached hydrogens (tertiary/aromatic N) is 10. The molecule has 2 fully saturated rings. The second-order valence-electron chi connectivity index (χ2n) is 21.1. The van der Waals surface area contributed by atoms with Crippen LogP contribution in [0.2, 0.25) is 0 Å². The summed E-state index contributed by atoms with van der Waals surface area (Å²) < 4.78 is 119. The number of aliphatic imine (C=N–C) groups is 2. The first-order valence-electron chi connectivity index (χ1n) is 26.4. The van der Waals surface area contributed by atoms with Gasteiger partial charge in [-0.2, -0.15) is 4.31 Å². The topological polar surface area (TPSA) is 147 Å². The fourth-order valence-corrected chi connectivity index (χ4v) is 14.1. The number of halogens is 8. The first-order valence-corrected chi connectivity index (χ1v) is 29.4. The highest BCUT2D eigenvalue weighted by atomic mass is 32.3. The average molecular weight is 1190 g/mol. The number of aliphatic hydroxyl groups is 1. The van der Waals surface area contributed by atoms with Crippen LogP contribution >= 0.6 is 34.9 Å². The minimum atomic E-state index is -5.14. The van der Waals surface area contributed by atoms with E-state index in [-0.39, 0.29) is 67.0 Å². The molecular weight excluding hydrogens is 1120 g/mol. The Labute approximate surface area is 479 Å². The van der Waals surface area contributed by atoms with Crippen LogP contribution < -0.4 is 0 Å². The number of thioether (sulfide) groups is 2. The van der Waals surface area contributed by atoms with E-state index >= 15 is 8.78 Å². The summed E-state index contributed by atoms with van der Waals surface area (Å²) in [5, 5.41) is 11.4. The van der Waals surface area contributed by atoms with E-state index in [4.69, 9.17) is 4.99 Å². The lowest BCUT2D eigenvalue weighted by Crippen LogP contribution is -2.35. The fourth-order valence-electron chi connectivity index (χ4n) is 10.5. The third-order valence-corrected chi connectivity index (χ3v) is 18.9. The van der Waals surface area contributed by atoms with Gasteiger partial charge in [-0.3, -0.25) is 20.0 Å². The van der Waals surface area contributed by atoms with Crippen molar-refractivity contribution in [3.05, 3.63) is 129 Å². The Bertz CT molecular complexity index is 3070. The number of benzene rings is 2. The molecule has 2 saturated carbocycles. The molecule has 0 bridgehead atoms. The van der Waals surface area contributed by atoms with Gasteiger partial charge in [0.05, 0.1) is 72.9 Å². The maximum Gasteiger partial charge on any atom is 0.278 e. The molecule has 0 amide bonds. The zero-order chi connectivity index (χ0) is 59.2. The molecule has 2 aromatic carbocycles. The summed E-state index contributed by atoms with van der Waals surface area (Å²) in [6.45, 7) is 17.2. The minimum absolute atomic E-state index is 0.00736. The summed E-state index contributed by atoms with van der Waals surface area (Å²) in [6.07, 6.45) is 8.26. The van der Waals surface area contributed by atoms with Crippen molar-refractivity contribution in [3.63, 3.8) is 0 Å². The Morgan fingerprint density at radius 2 is 1.06 bits per heavy atom. The van der Waals surface area contributed by atoms with E-state index in [0.717, 1.165) is 41.2 Å². The van der Waals surface area contributed by atoms with Crippen molar-refractivity contribution in [2.45, 2.75) is 102 Å². The summed E-state index contributed by atoms with van der Waals surface area (Å²) in [4.78, 5) is 37.7. The van der Waals surface area contributed by atoms with Crippen LogP contribution in [0.25, 0.3) is 22.1 Å². The van der Waals surface area contributed by atoms with Crippen molar-refractivity contribution >= 4 is 67.0 Å². The SMILES string of the molecule is CC1=N[C@](C)(c2cc(Cc3ncnc4cc(C)cnc34)cc(F)c2F)[C@@H]2C[C@]2(CF)S1.CC1=N[C@](C)(c2cc(Cc3ncnc4cc(C)cnc34)cc(F)c2F)[C@@H]2C[C@]2(CO)S1.CCN(C)CC.COCCN(CCOC)S(F)(F)F. The zero-order valence-electron chi connectivity index (χ0n) is 47.4. The van der Waals surface area contributed by atoms with E-state index in [9.17, 15) is 29.9 Å². The second-order valence-corrected chi connectivity index (χ2v) is 25.6. The number of hydrogen-bond donors (Lipinski definition) is 1. The fraction of sp³-hybridized carbons (Fsp3) is 0.509. The molecule has 6 aromatic rings. The van der Waals surface area contributed by atoms with E-state index in [1.807, 2.05) is 39.8 Å². The van der Waals surface area contributed by atoms with Crippen LogP contribution in [0.1, 0.15) is 99.2 Å². The lowest BCUT2D eigenvalue weighted by molar-refractivity contribution is 0.147. The van der Waals surface area contributed by atoms with Gasteiger partial charge in [0.25, 0.3) is 11.4 Å². The van der Waals surface area contributed by atoms with E-state index in [2.05, 4.69) is 70.2 Å². The standard InChI is InChI=1S/C23H21F3N4S.C23H22F2N4OS.C6H14F3NO2S.C5H13N/c1-12-4-17-21(27-9-12)18(29-11-28-17)7-14-5-15(20(26)16(25)6-14)22(3)19-8-23(19,10-24)31-13(2)30-22;1-12-4-17-21(26-9-12)18(28-11-27-17)7-14-5-15(20(25)16(24)6-14)22(3)19-8-23(19,10-30)31-13(2)29-22;1-11-5-3-10(4-6-12-2)13(7,8)9;1-4-6(3)5-2/h4-6,9,11,19H,7-8,10H2,1-3H3;4-6,9,11,19,30H,7-8,10H2,1-3H3;3-6H2,1-2H3;4-5H2,1-3H3/t2*19-,22+,23+;;/m00../s1. The lowest BCUT2D eigenvalue weighted by atomic mass is 9.84. The summed E-state index contributed by atoms with van der Waals surface area (Å²) in [5.74, 6) is -3.86. The monoisotopic (exact) mass is 1190 g/mol. The summed E-state index contributed by atoms with van der Waals surface area (Å²) in [5.41, 5.74) is 5.57. The molecule has 13 nitrogen and oxygen atoms in total. The lowest BCUT2D eigenvalue weighted by Gasteiger charge is -2.34. The molecular formula is C57H70F8N10O3S3. The van der Waals surface area contributed by atoms with Crippen LogP contribution in [-0.4, -0.2) is 138 Å². The molecule has 10 rings (SSSR count). The Hall–Kier alpha value is -4.95. The average Bonchev–Trinajstić information content (AvgIpc) is 1.86. The summed E-state index contributed by atoms with van der Waals surface area (Å²) >= 11 is -2.19. The number of methoxy groups -OCH3 is 2. The maximum atomic E-state index is 15.0. The molecule has 4 aliphatic rings. The Morgan fingerprint density at radius 3 is 1.44 bits per heavy atom. The molecule has 24 heteroatoms. The predicted octanol–water partition coefficient (Wildman–Crippen LogP) is 12.6. The van der Waals surface area contributed by atoms with Gasteiger partial charge in [0.1, 0.15) is 30.4 Å². The molecule has 0 unspecified atom stereocenters. The summed E-state index contributed by atoms with van der Waals surface area (Å²) in [6, 6.07) is 9.57. The van der Waals surface area contributed by atoms with Crippen LogP contribution in [0.3, 0.4) is 0 Å². The zero-order valence-corrected chi connectivity index (χ0v) is 49.8. The van der Waals surface area contributed by atoms with E-state index in [0.29, 0.717) is 61.3 Å². The van der Waals surface area contributed by atoms with Gasteiger partial charge in [-0.1, -0.05) is 13.8 Å². The minimum Gasteiger partial charge on any atom is -0.395 e. The molecule has 2 aliphatic carbocycles. The van der Waals surface area contributed by atoms with Gasteiger partial charge in [0.15, 0.2) is 23.3 Å². The van der Waals surface area contributed by atoms with Gasteiger partial charge in [-0.05, 0) is 133 Å². The number of rotatable bonds is 17. The first kappa shape index (κ1) is 63.6. The van der Waals surface area contributed by atoms with Crippen LogP contribution in [0.15, 0.2) is 71.4 Å². The number of aromatic nitrogens is 6. The largest absolute Gasteiger partial charge is 0.395 e. The number of aryl methyl sites for hydroxylation is 2. The first-order chi connectivity index (χ1) is 38.3. The van der Waals surface area contributed by atoms with Crippen molar-refractivity contribution in [2.75, 3.05) is 73.9 Å². The molecule has 6 heterocycles. The van der Waals surface area contributed by atoms with E-state index < -0.39 is 57.1 Å². The molecule has 81 heavy (non-hydrogen) atoms. The van der Waals surface area contributed by atoms with Crippen molar-refractivity contribution in [1.29, 1.82) is 0 Å². The van der Waals surface area contributed by atoms with Crippen LogP contribution in [0.4, 0.5) is 33.6 Å². The van der Waals surface area contributed by atoms with Crippen molar-refractivity contribution in [3.8, 4) is 0 Å². The number of hydrogen-bond acceptors (Lipinski definition) is 15. The second kappa shape index (κ2) is 26.3. The Balaban J connectivity index is 0.000000179. The number of fused-ring (bicyclic) bond motifs is 4. The molecule has 440 valence electrons. The van der Waals surface area contributed by atoms with Crippen LogP contribution in [0.5, 0.6) is 0 Å². The Kier molecular flexibility index (Phi) is 20.7. The highest BCUT2D eigenvalue weighted by molar-refractivity contribution is 8.18. The van der Waals surface area contributed by atoms with E-state index in [1.165, 1.54) is 62.5 Å². The van der Waals surface area contributed by atoms with Gasteiger partial charge in [-0.15, -0.1) is 35.2 Å². The molecule has 0 radical (unpaired) electrons. The highest BCUT2D eigenvalue weighted by Crippen LogP contribution is 2.67. The number of aliphatic hydroxyl groups excluding tert-OH is 1. The van der Waals surface area contributed by atoms with Gasteiger partial charge in [-0.25, -0.2) is 41.9 Å². The molecule has 0 saturated heterocycles. The van der Waals surface area contributed by atoms with Crippen LogP contribution in [0, 0.1) is 49.0 Å². The van der Waals surface area contributed by atoms with Crippen LogP contribution in [-0.2, 0) is 33.4 Å². The highest BCUT2D eigenvalue weighted by Gasteiger charge is 2.67. The van der Waals surface area contributed by atoms with Gasteiger partial charge in [0, 0.05) is 75.5 Å². The molecule has 1 N–H and O–H groups in total.